The number of hydrogen-bond acceptors (Lipinski definition) is 4. The van der Waals surface area contributed by atoms with E-state index in [-0.39, 0.29) is 0 Å². The second kappa shape index (κ2) is 6.61. The molecular formula is C13H14ClN3S. The minimum absolute atomic E-state index is 0.770. The average Bonchev–Trinajstić information content (AvgIpc) is 2.41. The van der Waals surface area contributed by atoms with E-state index in [4.69, 9.17) is 11.6 Å². The van der Waals surface area contributed by atoms with Crippen LogP contribution in [0.15, 0.2) is 41.7 Å². The standard InChI is InChI=1S/C13H14ClN3S/c1-18-13-8-12(16-9-17-13)15-7-6-10-2-4-11(14)5-3-10/h2-5,8-9H,6-7H2,1H3,(H,15,16,17). The number of hydrogen-bond donors (Lipinski definition) is 1. The maximum absolute atomic E-state index is 5.84. The lowest BCUT2D eigenvalue weighted by molar-refractivity contribution is 0.980. The van der Waals surface area contributed by atoms with Gasteiger partial charge in [0.25, 0.3) is 0 Å². The molecule has 0 saturated carbocycles. The predicted octanol–water partition coefficient (Wildman–Crippen LogP) is 3.51. The van der Waals surface area contributed by atoms with Crippen LogP contribution in [0.25, 0.3) is 0 Å². The van der Waals surface area contributed by atoms with Gasteiger partial charge in [-0.2, -0.15) is 0 Å². The van der Waals surface area contributed by atoms with Crippen LogP contribution in [0, 0.1) is 0 Å². The number of thioether (sulfide) groups is 1. The minimum Gasteiger partial charge on any atom is -0.370 e. The zero-order valence-corrected chi connectivity index (χ0v) is 11.6. The first-order chi connectivity index (χ1) is 8.78. The maximum Gasteiger partial charge on any atom is 0.130 e. The number of anilines is 1. The van der Waals surface area contributed by atoms with E-state index in [2.05, 4.69) is 15.3 Å². The molecule has 0 saturated heterocycles. The monoisotopic (exact) mass is 279 g/mol. The third-order valence-electron chi connectivity index (χ3n) is 2.48. The number of nitrogens with one attached hydrogen (secondary N) is 1. The Morgan fingerprint density at radius 3 is 2.72 bits per heavy atom. The summed E-state index contributed by atoms with van der Waals surface area (Å²) in [6.45, 7) is 0.840. The second-order valence-electron chi connectivity index (χ2n) is 3.75. The summed E-state index contributed by atoms with van der Waals surface area (Å²) in [5.41, 5.74) is 1.26. The van der Waals surface area contributed by atoms with Gasteiger partial charge in [-0.05, 0) is 30.4 Å². The van der Waals surface area contributed by atoms with E-state index in [0.29, 0.717) is 0 Å². The third-order valence-corrected chi connectivity index (χ3v) is 3.38. The molecule has 1 N–H and O–H groups in total. The molecule has 0 spiro atoms. The Labute approximate surface area is 116 Å². The molecule has 1 aromatic carbocycles. The van der Waals surface area contributed by atoms with Crippen LogP contribution in [0.5, 0.6) is 0 Å². The molecule has 0 amide bonds. The second-order valence-corrected chi connectivity index (χ2v) is 5.01. The summed E-state index contributed by atoms with van der Waals surface area (Å²) in [6.07, 6.45) is 4.52. The normalized spacial score (nSPS) is 10.3. The van der Waals surface area contributed by atoms with Crippen LogP contribution in [-0.4, -0.2) is 22.8 Å². The Morgan fingerprint density at radius 1 is 1.22 bits per heavy atom. The molecule has 3 nitrogen and oxygen atoms in total. The minimum atomic E-state index is 0.770. The zero-order chi connectivity index (χ0) is 12.8. The topological polar surface area (TPSA) is 37.8 Å². The highest BCUT2D eigenvalue weighted by atomic mass is 35.5. The molecule has 18 heavy (non-hydrogen) atoms. The molecule has 0 fully saturated rings. The van der Waals surface area contributed by atoms with E-state index in [1.54, 1.807) is 18.1 Å². The van der Waals surface area contributed by atoms with E-state index >= 15 is 0 Å². The molecule has 0 aliphatic carbocycles. The van der Waals surface area contributed by atoms with Gasteiger partial charge >= 0.3 is 0 Å². The zero-order valence-electron chi connectivity index (χ0n) is 10.1. The van der Waals surface area contributed by atoms with Crippen LogP contribution in [0.1, 0.15) is 5.56 Å². The molecule has 2 rings (SSSR count). The number of aromatic nitrogens is 2. The first-order valence-corrected chi connectivity index (χ1v) is 7.22. The highest BCUT2D eigenvalue weighted by Gasteiger charge is 1.98. The van der Waals surface area contributed by atoms with E-state index in [1.165, 1.54) is 5.56 Å². The molecular weight excluding hydrogens is 266 g/mol. The summed E-state index contributed by atoms with van der Waals surface area (Å²) in [5.74, 6) is 0.864. The Hall–Kier alpha value is -1.26. The molecule has 0 bridgehead atoms. The Morgan fingerprint density at radius 2 is 2.00 bits per heavy atom. The van der Waals surface area contributed by atoms with Gasteiger partial charge in [-0.1, -0.05) is 23.7 Å². The largest absolute Gasteiger partial charge is 0.370 e. The van der Waals surface area contributed by atoms with Crippen molar-refractivity contribution in [3.63, 3.8) is 0 Å². The summed E-state index contributed by atoms with van der Waals surface area (Å²) < 4.78 is 0. The highest BCUT2D eigenvalue weighted by molar-refractivity contribution is 7.98. The highest BCUT2D eigenvalue weighted by Crippen LogP contribution is 2.14. The van der Waals surface area contributed by atoms with Crippen LogP contribution in [0.3, 0.4) is 0 Å². The van der Waals surface area contributed by atoms with Crippen molar-refractivity contribution in [3.8, 4) is 0 Å². The molecule has 0 atom stereocenters. The van der Waals surface area contributed by atoms with E-state index in [9.17, 15) is 0 Å². The smallest absolute Gasteiger partial charge is 0.130 e. The third kappa shape index (κ3) is 3.89. The lowest BCUT2D eigenvalue weighted by Gasteiger charge is -2.06. The van der Waals surface area contributed by atoms with Crippen molar-refractivity contribution in [2.45, 2.75) is 11.4 Å². The fourth-order valence-corrected chi connectivity index (χ4v) is 2.04. The van der Waals surface area contributed by atoms with Crippen molar-refractivity contribution in [2.24, 2.45) is 0 Å². The van der Waals surface area contributed by atoms with Gasteiger partial charge in [-0.25, -0.2) is 9.97 Å². The summed E-state index contributed by atoms with van der Waals surface area (Å²) in [5, 5.41) is 5.03. The Kier molecular flexibility index (Phi) is 4.84. The fourth-order valence-electron chi connectivity index (χ4n) is 1.53. The molecule has 1 aromatic heterocycles. The first kappa shape index (κ1) is 13.2. The number of halogens is 1. The van der Waals surface area contributed by atoms with Crippen molar-refractivity contribution in [1.82, 2.24) is 9.97 Å². The molecule has 1 heterocycles. The van der Waals surface area contributed by atoms with Crippen molar-refractivity contribution in [3.05, 3.63) is 47.2 Å². The van der Waals surface area contributed by atoms with Crippen molar-refractivity contribution >= 4 is 29.2 Å². The molecule has 0 radical (unpaired) electrons. The van der Waals surface area contributed by atoms with Crippen LogP contribution in [-0.2, 0) is 6.42 Å². The van der Waals surface area contributed by atoms with Gasteiger partial charge in [0.05, 0.1) is 0 Å². The van der Waals surface area contributed by atoms with E-state index in [1.807, 2.05) is 36.6 Å². The Balaban J connectivity index is 1.86. The number of rotatable bonds is 5. The first-order valence-electron chi connectivity index (χ1n) is 5.62. The van der Waals surface area contributed by atoms with E-state index in [0.717, 1.165) is 28.8 Å². The van der Waals surface area contributed by atoms with Crippen molar-refractivity contribution in [1.29, 1.82) is 0 Å². The SMILES string of the molecule is CSc1cc(NCCc2ccc(Cl)cc2)ncn1. The number of benzene rings is 1. The Bertz CT molecular complexity index is 502. The van der Waals surface area contributed by atoms with Crippen molar-refractivity contribution in [2.75, 3.05) is 18.1 Å². The molecule has 0 aliphatic rings. The molecule has 5 heteroatoms. The van der Waals surface area contributed by atoms with E-state index < -0.39 is 0 Å². The molecule has 94 valence electrons. The summed E-state index contributed by atoms with van der Waals surface area (Å²) >= 11 is 7.45. The van der Waals surface area contributed by atoms with Crippen LogP contribution >= 0.6 is 23.4 Å². The fraction of sp³-hybridized carbons (Fsp3) is 0.231. The summed E-state index contributed by atoms with van der Waals surface area (Å²) in [7, 11) is 0. The average molecular weight is 280 g/mol. The quantitative estimate of drug-likeness (QED) is 0.671. The van der Waals surface area contributed by atoms with Gasteiger partial charge in [0.15, 0.2) is 0 Å². The summed E-state index contributed by atoms with van der Waals surface area (Å²) in [4.78, 5) is 8.31. The van der Waals surface area contributed by atoms with Gasteiger partial charge in [0, 0.05) is 17.6 Å². The van der Waals surface area contributed by atoms with Crippen LogP contribution in [0.4, 0.5) is 5.82 Å². The van der Waals surface area contributed by atoms with Crippen molar-refractivity contribution < 1.29 is 0 Å². The maximum atomic E-state index is 5.84. The lowest BCUT2D eigenvalue weighted by Crippen LogP contribution is -2.06. The van der Waals surface area contributed by atoms with Gasteiger partial charge in [-0.3, -0.25) is 0 Å². The van der Waals surface area contributed by atoms with Gasteiger partial charge < -0.3 is 5.32 Å². The molecule has 0 unspecified atom stereocenters. The van der Waals surface area contributed by atoms with Crippen LogP contribution < -0.4 is 5.32 Å². The lowest BCUT2D eigenvalue weighted by atomic mass is 10.1. The van der Waals surface area contributed by atoms with Crippen LogP contribution in [0.2, 0.25) is 5.02 Å². The van der Waals surface area contributed by atoms with Gasteiger partial charge in [0.1, 0.15) is 17.2 Å². The van der Waals surface area contributed by atoms with Gasteiger partial charge in [0.2, 0.25) is 0 Å². The predicted molar refractivity (Wildman–Crippen MR) is 77.5 cm³/mol. The molecule has 0 aliphatic heterocycles. The van der Waals surface area contributed by atoms with Gasteiger partial charge in [-0.15, -0.1) is 11.8 Å². The molecule has 2 aromatic rings. The summed E-state index contributed by atoms with van der Waals surface area (Å²) in [6, 6.07) is 9.85. The number of nitrogens with zero attached hydrogens (tertiary/aromatic N) is 2.